The van der Waals surface area contributed by atoms with Crippen molar-refractivity contribution in [3.05, 3.63) is 87.7 Å². The fourth-order valence-corrected chi connectivity index (χ4v) is 7.76. The van der Waals surface area contributed by atoms with Crippen molar-refractivity contribution in [2.75, 3.05) is 19.8 Å². The van der Waals surface area contributed by atoms with Gasteiger partial charge in [0.25, 0.3) is 5.56 Å². The number of rotatable bonds is 18. The fourth-order valence-electron chi connectivity index (χ4n) is 7.76. The third kappa shape index (κ3) is 7.71. The van der Waals surface area contributed by atoms with Crippen molar-refractivity contribution in [2.24, 2.45) is 11.3 Å². The molecule has 0 saturated heterocycles. The first-order chi connectivity index (χ1) is 25.1. The van der Waals surface area contributed by atoms with E-state index in [4.69, 9.17) is 23.9 Å². The molecule has 1 aromatic carbocycles. The van der Waals surface area contributed by atoms with Gasteiger partial charge in [0.2, 0.25) is 0 Å². The Morgan fingerprint density at radius 3 is 2.67 bits per heavy atom. The lowest BCUT2D eigenvalue weighted by molar-refractivity contribution is -0.164. The van der Waals surface area contributed by atoms with Gasteiger partial charge >= 0.3 is 5.97 Å². The van der Waals surface area contributed by atoms with Crippen molar-refractivity contribution in [1.82, 2.24) is 24.5 Å². The highest BCUT2D eigenvalue weighted by Gasteiger charge is 2.46. The second-order valence-corrected chi connectivity index (χ2v) is 14.7. The summed E-state index contributed by atoms with van der Waals surface area (Å²) in [4.78, 5) is 32.2. The lowest BCUT2D eigenvalue weighted by Gasteiger charge is -2.39. The van der Waals surface area contributed by atoms with E-state index < -0.39 is 5.60 Å². The van der Waals surface area contributed by atoms with Crippen LogP contribution in [0.5, 0.6) is 0 Å². The van der Waals surface area contributed by atoms with Crippen molar-refractivity contribution in [1.29, 1.82) is 0 Å². The number of ether oxygens (including phenoxy) is 4. The topological polar surface area (TPSA) is 120 Å². The predicted octanol–water partition coefficient (Wildman–Crippen LogP) is 7.47. The van der Waals surface area contributed by atoms with E-state index in [9.17, 15) is 9.59 Å². The average molecular weight is 712 g/mol. The normalized spacial score (nSPS) is 17.5. The smallest absolute Gasteiger partial charge is 0.307 e. The molecule has 0 spiro atoms. The molecule has 4 aromatic rings. The zero-order valence-electron chi connectivity index (χ0n) is 31.4. The third-order valence-electron chi connectivity index (χ3n) is 10.6. The summed E-state index contributed by atoms with van der Waals surface area (Å²) in [6.07, 6.45) is 6.88. The molecule has 0 saturated carbocycles. The standard InChI is InChI=1S/C41H53N5O6/c1-7-40(21-28(4)5,26-49-9-3)27-50-24-32-23-45(44-43-32)18-14-10-11-17-37(47)52-41(8-2)29(6)51-25-33-34(41)20-36-38-31(22-46(36)39(33)48)19-30-15-12-13-16-35(30)42-38/h12-13,15-16,19-20,23,28H,6-11,14,17-18,21-22,24-27H2,1-5H3/t40?,41-/m1/s1. The van der Waals surface area contributed by atoms with Gasteiger partial charge in [-0.05, 0) is 63.1 Å². The minimum absolute atomic E-state index is 0.00374. The van der Waals surface area contributed by atoms with Gasteiger partial charge in [-0.2, -0.15) is 0 Å². The summed E-state index contributed by atoms with van der Waals surface area (Å²) in [7, 11) is 0. The first-order valence-electron chi connectivity index (χ1n) is 18.9. The first kappa shape index (κ1) is 37.4. The van der Waals surface area contributed by atoms with Crippen LogP contribution < -0.4 is 5.56 Å². The van der Waals surface area contributed by atoms with Crippen molar-refractivity contribution in [3.8, 4) is 11.4 Å². The molecule has 11 nitrogen and oxygen atoms in total. The highest BCUT2D eigenvalue weighted by atomic mass is 16.6. The molecule has 0 fully saturated rings. The van der Waals surface area contributed by atoms with Crippen molar-refractivity contribution >= 4 is 16.9 Å². The molecule has 2 aliphatic heterocycles. The van der Waals surface area contributed by atoms with Crippen molar-refractivity contribution in [2.45, 2.75) is 111 Å². The van der Waals surface area contributed by atoms with Crippen LogP contribution in [0.15, 0.2) is 59.7 Å². The van der Waals surface area contributed by atoms with Crippen LogP contribution in [0.25, 0.3) is 22.3 Å². The van der Waals surface area contributed by atoms with Crippen LogP contribution in [-0.4, -0.2) is 50.3 Å². The van der Waals surface area contributed by atoms with Crippen LogP contribution in [-0.2, 0) is 55.6 Å². The number of aryl methyl sites for hydroxylation is 1. The molecular weight excluding hydrogens is 658 g/mol. The second-order valence-electron chi connectivity index (χ2n) is 14.7. The van der Waals surface area contributed by atoms with Gasteiger partial charge in [0.1, 0.15) is 18.1 Å². The van der Waals surface area contributed by atoms with E-state index in [1.165, 1.54) is 0 Å². The Labute approximate surface area is 306 Å². The van der Waals surface area contributed by atoms with Crippen LogP contribution >= 0.6 is 0 Å². The molecule has 0 bridgehead atoms. The number of carbonyl (C=O) groups excluding carboxylic acids is 1. The molecule has 5 heterocycles. The number of benzene rings is 1. The van der Waals surface area contributed by atoms with Gasteiger partial charge in [0, 0.05) is 41.5 Å². The quantitative estimate of drug-likeness (QED) is 0.0674. The number of aromatic nitrogens is 5. The van der Waals surface area contributed by atoms with Gasteiger partial charge in [-0.25, -0.2) is 4.98 Å². The molecule has 0 aliphatic carbocycles. The summed E-state index contributed by atoms with van der Waals surface area (Å²) in [5, 5.41) is 9.62. The van der Waals surface area contributed by atoms with Crippen LogP contribution in [0.2, 0.25) is 0 Å². The maximum Gasteiger partial charge on any atom is 0.307 e. The number of esters is 1. The summed E-state index contributed by atoms with van der Waals surface area (Å²) < 4.78 is 27.7. The molecule has 52 heavy (non-hydrogen) atoms. The fraction of sp³-hybridized carbons (Fsp3) is 0.537. The molecule has 3 aromatic heterocycles. The van der Waals surface area contributed by atoms with Crippen LogP contribution in [0, 0.1) is 11.3 Å². The van der Waals surface area contributed by atoms with E-state index in [0.29, 0.717) is 75.2 Å². The highest BCUT2D eigenvalue weighted by molar-refractivity contribution is 5.84. The van der Waals surface area contributed by atoms with Gasteiger partial charge in [-0.1, -0.05) is 64.1 Å². The highest BCUT2D eigenvalue weighted by Crippen LogP contribution is 2.45. The molecule has 0 amide bonds. The number of nitrogens with zero attached hydrogens (tertiary/aromatic N) is 5. The Bertz CT molecular complexity index is 1970. The molecule has 1 unspecified atom stereocenters. The Morgan fingerprint density at radius 2 is 1.90 bits per heavy atom. The summed E-state index contributed by atoms with van der Waals surface area (Å²) in [5.74, 6) is 0.544. The molecule has 11 heteroatoms. The molecular formula is C41H53N5O6. The monoisotopic (exact) mass is 711 g/mol. The maximum absolute atomic E-state index is 13.9. The predicted molar refractivity (Wildman–Crippen MR) is 199 cm³/mol. The molecule has 278 valence electrons. The zero-order chi connectivity index (χ0) is 36.9. The SMILES string of the molecule is C=C1OCc2c(cc3n(c2=O)Cc2cc4ccccc4nc2-3)[C@]1(CC)OC(=O)CCCCCn1cc(COCC(CC)(COCC)CC(C)C)nn1. The first-order valence-corrected chi connectivity index (χ1v) is 18.9. The van der Waals surface area contributed by atoms with Gasteiger partial charge in [-0.15, -0.1) is 5.10 Å². The summed E-state index contributed by atoms with van der Waals surface area (Å²) in [6.45, 7) is 18.4. The van der Waals surface area contributed by atoms with Gasteiger partial charge < -0.3 is 23.5 Å². The number of fused-ring (bicyclic) bond motifs is 5. The number of para-hydroxylation sites is 1. The van der Waals surface area contributed by atoms with E-state index in [1.807, 2.05) is 55.1 Å². The number of carbonyl (C=O) groups is 1. The molecule has 2 aliphatic rings. The zero-order valence-corrected chi connectivity index (χ0v) is 31.4. The summed E-state index contributed by atoms with van der Waals surface area (Å²) in [5.41, 5.74) is 3.86. The minimum atomic E-state index is -1.26. The molecule has 6 rings (SSSR count). The number of hydrogen-bond donors (Lipinski definition) is 0. The summed E-state index contributed by atoms with van der Waals surface area (Å²) >= 11 is 0. The van der Waals surface area contributed by atoms with E-state index in [-0.39, 0.29) is 30.0 Å². The molecule has 0 N–H and O–H groups in total. The van der Waals surface area contributed by atoms with Crippen molar-refractivity contribution in [3.63, 3.8) is 0 Å². The second kappa shape index (κ2) is 16.1. The van der Waals surface area contributed by atoms with Crippen LogP contribution in [0.1, 0.15) is 102 Å². The van der Waals surface area contributed by atoms with Gasteiger partial charge in [0.15, 0.2) is 5.60 Å². The minimum Gasteiger partial charge on any atom is -0.489 e. The van der Waals surface area contributed by atoms with Crippen LogP contribution in [0.3, 0.4) is 0 Å². The van der Waals surface area contributed by atoms with E-state index in [1.54, 1.807) is 4.57 Å². The Kier molecular flexibility index (Phi) is 11.6. The average Bonchev–Trinajstić information content (AvgIpc) is 3.74. The van der Waals surface area contributed by atoms with Gasteiger partial charge in [-0.3, -0.25) is 14.3 Å². The Hall–Kier alpha value is -4.35. The number of unbranched alkanes of at least 4 members (excludes halogenated alkanes) is 2. The van der Waals surface area contributed by atoms with Gasteiger partial charge in [0.05, 0.1) is 55.0 Å². The molecule has 2 atom stereocenters. The van der Waals surface area contributed by atoms with E-state index in [2.05, 4.69) is 43.7 Å². The maximum atomic E-state index is 13.9. The lowest BCUT2D eigenvalue weighted by atomic mass is 9.79. The molecule has 0 radical (unpaired) electrons. The van der Waals surface area contributed by atoms with E-state index in [0.717, 1.165) is 59.2 Å². The van der Waals surface area contributed by atoms with E-state index >= 15 is 0 Å². The number of pyridine rings is 2. The summed E-state index contributed by atoms with van der Waals surface area (Å²) in [6, 6.07) is 12.0. The lowest BCUT2D eigenvalue weighted by Crippen LogP contribution is -2.42. The number of hydrogen-bond acceptors (Lipinski definition) is 9. The Morgan fingerprint density at radius 1 is 1.10 bits per heavy atom. The largest absolute Gasteiger partial charge is 0.489 e. The third-order valence-corrected chi connectivity index (χ3v) is 10.6. The van der Waals surface area contributed by atoms with Crippen molar-refractivity contribution < 1.29 is 23.7 Å². The van der Waals surface area contributed by atoms with Crippen LogP contribution in [0.4, 0.5) is 0 Å². The Balaban J connectivity index is 1.04.